The minimum Gasteiger partial charge on any atom is -0.493 e. The van der Waals surface area contributed by atoms with Gasteiger partial charge in [0.05, 0.1) is 17.7 Å². The number of amides is 1. The van der Waals surface area contributed by atoms with Crippen molar-refractivity contribution in [3.05, 3.63) is 27.9 Å². The average Bonchev–Trinajstić information content (AvgIpc) is 2.78. The Morgan fingerprint density at radius 1 is 1.22 bits per heavy atom. The van der Waals surface area contributed by atoms with Gasteiger partial charge in [-0.05, 0) is 61.1 Å². The summed E-state index contributed by atoms with van der Waals surface area (Å²) in [4.78, 5) is 13.8. The summed E-state index contributed by atoms with van der Waals surface area (Å²) < 4.78 is 12.0. The molecule has 23 heavy (non-hydrogen) atoms. The van der Waals surface area contributed by atoms with E-state index in [1.54, 1.807) is 6.08 Å². The van der Waals surface area contributed by atoms with Crippen molar-refractivity contribution >= 4 is 45.2 Å². The Hall–Kier alpha value is -1.60. The van der Waals surface area contributed by atoms with Crippen LogP contribution in [0.15, 0.2) is 22.3 Å². The van der Waals surface area contributed by atoms with Crippen LogP contribution in [-0.4, -0.2) is 35.7 Å². The number of likely N-dealkylation sites (N-methyl/N-ethyl adjacent to an activating group) is 1. The molecule has 0 unspecified atom stereocenters. The molecule has 0 atom stereocenters. The molecule has 1 N–H and O–H groups in total. The van der Waals surface area contributed by atoms with Gasteiger partial charge in [-0.3, -0.25) is 9.69 Å². The number of hydrogen-bond donors (Lipinski definition) is 1. The Labute approximate surface area is 149 Å². The van der Waals surface area contributed by atoms with E-state index in [0.717, 1.165) is 10.0 Å². The van der Waals surface area contributed by atoms with Crippen molar-refractivity contribution in [1.29, 1.82) is 0 Å². The monoisotopic (exact) mass is 398 g/mol. The number of carbonyl (C=O) groups excluding carboxylic acids is 1. The van der Waals surface area contributed by atoms with Crippen molar-refractivity contribution in [1.82, 2.24) is 10.2 Å². The van der Waals surface area contributed by atoms with Crippen LogP contribution in [0.5, 0.6) is 11.5 Å². The highest BCUT2D eigenvalue weighted by Crippen LogP contribution is 2.34. The molecule has 0 aromatic heterocycles. The van der Waals surface area contributed by atoms with Gasteiger partial charge in [0, 0.05) is 18.2 Å². The normalized spacial score (nSPS) is 16.0. The molecule has 0 spiro atoms. The minimum absolute atomic E-state index is 0.134. The number of rotatable bonds is 6. The minimum atomic E-state index is -0.134. The number of halogens is 1. The van der Waals surface area contributed by atoms with E-state index in [1.165, 1.54) is 4.90 Å². The second-order valence-corrected chi connectivity index (χ2v) is 5.97. The third-order valence-electron chi connectivity index (χ3n) is 3.24. The zero-order chi connectivity index (χ0) is 17.0. The van der Waals surface area contributed by atoms with Crippen molar-refractivity contribution in [2.24, 2.45) is 0 Å². The zero-order valence-corrected chi connectivity index (χ0v) is 15.7. The van der Waals surface area contributed by atoms with E-state index in [1.807, 2.05) is 32.9 Å². The Morgan fingerprint density at radius 2 is 1.87 bits per heavy atom. The maximum Gasteiger partial charge on any atom is 0.276 e. The number of thiocarbonyl (C=S) groups is 1. The van der Waals surface area contributed by atoms with E-state index < -0.39 is 0 Å². The topological polar surface area (TPSA) is 50.8 Å². The lowest BCUT2D eigenvalue weighted by Gasteiger charge is -2.13. The van der Waals surface area contributed by atoms with E-state index >= 15 is 0 Å². The molecule has 0 saturated carbocycles. The van der Waals surface area contributed by atoms with Gasteiger partial charge in [0.25, 0.3) is 5.91 Å². The highest BCUT2D eigenvalue weighted by Gasteiger charge is 2.29. The van der Waals surface area contributed by atoms with Gasteiger partial charge in [0.2, 0.25) is 0 Å². The van der Waals surface area contributed by atoms with E-state index in [9.17, 15) is 4.79 Å². The first-order valence-electron chi connectivity index (χ1n) is 7.45. The summed E-state index contributed by atoms with van der Waals surface area (Å²) in [7, 11) is 0. The number of nitrogens with one attached hydrogen (secondary N) is 1. The predicted molar refractivity (Wildman–Crippen MR) is 97.6 cm³/mol. The smallest absolute Gasteiger partial charge is 0.276 e. The van der Waals surface area contributed by atoms with Gasteiger partial charge in [-0.1, -0.05) is 0 Å². The SMILES string of the molecule is CCOc1cc(OCC)c(C=C2NC(=S)N(CC)C2=O)cc1Br. The van der Waals surface area contributed by atoms with E-state index in [2.05, 4.69) is 21.2 Å². The average molecular weight is 399 g/mol. The summed E-state index contributed by atoms with van der Waals surface area (Å²) in [6.07, 6.45) is 1.75. The largest absolute Gasteiger partial charge is 0.493 e. The summed E-state index contributed by atoms with van der Waals surface area (Å²) in [5.41, 5.74) is 1.22. The lowest BCUT2D eigenvalue weighted by molar-refractivity contribution is -0.122. The molecule has 1 aromatic carbocycles. The molecule has 1 aromatic rings. The fourth-order valence-corrected chi connectivity index (χ4v) is 3.02. The first-order chi connectivity index (χ1) is 11.0. The summed E-state index contributed by atoms with van der Waals surface area (Å²) in [6.45, 7) is 7.33. The molecule has 1 aliphatic rings. The number of ether oxygens (including phenoxy) is 2. The van der Waals surface area contributed by atoms with Gasteiger partial charge in [-0.25, -0.2) is 0 Å². The van der Waals surface area contributed by atoms with Crippen LogP contribution in [0.2, 0.25) is 0 Å². The predicted octanol–water partition coefficient (Wildman–Crippen LogP) is 3.32. The maximum atomic E-state index is 12.3. The molecular weight excluding hydrogens is 380 g/mol. The van der Waals surface area contributed by atoms with Crippen LogP contribution in [0.1, 0.15) is 26.3 Å². The number of benzene rings is 1. The Kier molecular flexibility index (Phi) is 6.01. The molecule has 1 heterocycles. The van der Waals surface area contributed by atoms with Gasteiger partial charge < -0.3 is 14.8 Å². The number of hydrogen-bond acceptors (Lipinski definition) is 4. The molecule has 0 aliphatic carbocycles. The Balaban J connectivity index is 2.42. The molecule has 1 aliphatic heterocycles. The van der Waals surface area contributed by atoms with Crippen LogP contribution in [-0.2, 0) is 4.79 Å². The highest BCUT2D eigenvalue weighted by molar-refractivity contribution is 9.10. The van der Waals surface area contributed by atoms with E-state index in [0.29, 0.717) is 42.1 Å². The third-order valence-corrected chi connectivity index (χ3v) is 4.18. The molecule has 1 amide bonds. The van der Waals surface area contributed by atoms with Crippen LogP contribution in [0.4, 0.5) is 0 Å². The van der Waals surface area contributed by atoms with Gasteiger partial charge in [0.15, 0.2) is 5.11 Å². The van der Waals surface area contributed by atoms with Crippen LogP contribution in [0.3, 0.4) is 0 Å². The fourth-order valence-electron chi connectivity index (χ4n) is 2.22. The van der Waals surface area contributed by atoms with E-state index in [-0.39, 0.29) is 5.91 Å². The van der Waals surface area contributed by atoms with Crippen LogP contribution in [0.25, 0.3) is 6.08 Å². The standard InChI is InChI=1S/C16H19BrN2O3S/c1-4-19-15(20)12(18-16(19)23)8-10-7-11(17)14(22-6-3)9-13(10)21-5-2/h7-9H,4-6H2,1-3H3,(H,18,23). The van der Waals surface area contributed by atoms with Crippen LogP contribution < -0.4 is 14.8 Å². The molecular formula is C16H19BrN2O3S. The van der Waals surface area contributed by atoms with Gasteiger partial charge in [0.1, 0.15) is 17.2 Å². The third kappa shape index (κ3) is 3.84. The first kappa shape index (κ1) is 17.7. The van der Waals surface area contributed by atoms with Crippen molar-refractivity contribution in [2.45, 2.75) is 20.8 Å². The second kappa shape index (κ2) is 7.79. The lowest BCUT2D eigenvalue weighted by atomic mass is 10.1. The Bertz CT molecular complexity index is 661. The van der Waals surface area contributed by atoms with Crippen molar-refractivity contribution in [3.63, 3.8) is 0 Å². The maximum absolute atomic E-state index is 12.3. The zero-order valence-electron chi connectivity index (χ0n) is 13.3. The van der Waals surface area contributed by atoms with Crippen molar-refractivity contribution < 1.29 is 14.3 Å². The molecule has 0 radical (unpaired) electrons. The number of carbonyl (C=O) groups is 1. The summed E-state index contributed by atoms with van der Waals surface area (Å²) >= 11 is 8.65. The van der Waals surface area contributed by atoms with Gasteiger partial charge in [-0.2, -0.15) is 0 Å². The van der Waals surface area contributed by atoms with Gasteiger partial charge >= 0.3 is 0 Å². The van der Waals surface area contributed by atoms with Crippen molar-refractivity contribution in [3.8, 4) is 11.5 Å². The van der Waals surface area contributed by atoms with Crippen LogP contribution >= 0.6 is 28.1 Å². The van der Waals surface area contributed by atoms with E-state index in [4.69, 9.17) is 21.7 Å². The number of nitrogens with zero attached hydrogens (tertiary/aromatic N) is 1. The fraction of sp³-hybridized carbons (Fsp3) is 0.375. The quantitative estimate of drug-likeness (QED) is 0.588. The Morgan fingerprint density at radius 3 is 2.43 bits per heavy atom. The highest BCUT2D eigenvalue weighted by atomic mass is 79.9. The molecule has 124 valence electrons. The lowest BCUT2D eigenvalue weighted by Crippen LogP contribution is -2.30. The summed E-state index contributed by atoms with van der Waals surface area (Å²) in [5.74, 6) is 1.22. The molecule has 7 heteroatoms. The second-order valence-electron chi connectivity index (χ2n) is 4.72. The summed E-state index contributed by atoms with van der Waals surface area (Å²) in [5, 5.41) is 3.37. The molecule has 5 nitrogen and oxygen atoms in total. The van der Waals surface area contributed by atoms with Crippen LogP contribution in [0, 0.1) is 0 Å². The summed E-state index contributed by atoms with van der Waals surface area (Å²) in [6, 6.07) is 3.69. The molecule has 1 fully saturated rings. The molecule has 2 rings (SSSR count). The van der Waals surface area contributed by atoms with Gasteiger partial charge in [-0.15, -0.1) is 0 Å². The molecule has 1 saturated heterocycles. The van der Waals surface area contributed by atoms with Crippen molar-refractivity contribution in [2.75, 3.05) is 19.8 Å². The first-order valence-corrected chi connectivity index (χ1v) is 8.65. The molecule has 0 bridgehead atoms.